The number of amides is 3. The van der Waals surface area contributed by atoms with Crippen molar-refractivity contribution in [3.63, 3.8) is 0 Å². The van der Waals surface area contributed by atoms with Crippen molar-refractivity contribution in [2.24, 2.45) is 5.92 Å². The Kier molecular flexibility index (Phi) is 6.38. The Bertz CT molecular complexity index is 1090. The molecule has 3 aromatic rings. The van der Waals surface area contributed by atoms with Gasteiger partial charge in [0.2, 0.25) is 0 Å². The molecule has 1 atom stereocenters. The van der Waals surface area contributed by atoms with Gasteiger partial charge in [0.05, 0.1) is 11.1 Å². The lowest BCUT2D eigenvalue weighted by Gasteiger charge is -2.33. The first kappa shape index (κ1) is 22.4. The van der Waals surface area contributed by atoms with Gasteiger partial charge in [0.1, 0.15) is 12.1 Å². The molecule has 0 fully saturated rings. The highest BCUT2D eigenvalue weighted by atomic mass is 16.5. The smallest absolute Gasteiger partial charge is 0.270 e. The van der Waals surface area contributed by atoms with Crippen LogP contribution >= 0.6 is 0 Å². The Balaban J connectivity index is 1.73. The number of imide groups is 1. The third-order valence-electron chi connectivity index (χ3n) is 5.82. The highest BCUT2D eigenvalue weighted by Gasteiger charge is 2.45. The van der Waals surface area contributed by atoms with E-state index < -0.39 is 29.8 Å². The first-order chi connectivity index (χ1) is 15.9. The largest absolute Gasteiger partial charge is 0.285 e. The molecule has 168 valence electrons. The summed E-state index contributed by atoms with van der Waals surface area (Å²) in [5, 5.41) is 11.9. The number of nitrogens with zero attached hydrogens (tertiary/aromatic N) is 2. The summed E-state index contributed by atoms with van der Waals surface area (Å²) in [5.74, 6) is -1.72. The lowest BCUT2D eigenvalue weighted by atomic mass is 9.96. The molecule has 0 aromatic heterocycles. The topological polar surface area (TPSA) is 77.9 Å². The highest BCUT2D eigenvalue weighted by Crippen LogP contribution is 2.32. The third-order valence-corrected chi connectivity index (χ3v) is 5.82. The van der Waals surface area contributed by atoms with Crippen LogP contribution in [0.25, 0.3) is 0 Å². The molecule has 1 aliphatic rings. The maximum Gasteiger partial charge on any atom is 0.270 e. The van der Waals surface area contributed by atoms with Crippen LogP contribution in [0, 0.1) is 5.92 Å². The van der Waals surface area contributed by atoms with Crippen molar-refractivity contribution in [2.45, 2.75) is 32.4 Å². The Morgan fingerprint density at radius 3 is 1.64 bits per heavy atom. The molecule has 0 saturated heterocycles. The minimum absolute atomic E-state index is 0.00330. The zero-order valence-electron chi connectivity index (χ0n) is 18.6. The summed E-state index contributed by atoms with van der Waals surface area (Å²) in [6, 6.07) is 23.0. The Morgan fingerprint density at radius 1 is 0.788 bits per heavy atom. The van der Waals surface area contributed by atoms with Crippen LogP contribution in [0.2, 0.25) is 0 Å². The van der Waals surface area contributed by atoms with Gasteiger partial charge in [0, 0.05) is 0 Å². The van der Waals surface area contributed by atoms with Crippen molar-refractivity contribution in [3.05, 3.63) is 107 Å². The number of rotatable bonds is 7. The van der Waals surface area contributed by atoms with E-state index >= 15 is 0 Å². The van der Waals surface area contributed by atoms with Gasteiger partial charge in [0.25, 0.3) is 17.7 Å². The van der Waals surface area contributed by atoms with Crippen LogP contribution in [0.4, 0.5) is 0 Å². The highest BCUT2D eigenvalue weighted by molar-refractivity contribution is 6.22. The first-order valence-corrected chi connectivity index (χ1v) is 11.0. The van der Waals surface area contributed by atoms with Crippen molar-refractivity contribution in [3.8, 4) is 0 Å². The van der Waals surface area contributed by atoms with Crippen LogP contribution in [-0.2, 0) is 4.79 Å². The van der Waals surface area contributed by atoms with Gasteiger partial charge in [-0.1, -0.05) is 86.6 Å². The molecule has 0 aliphatic carbocycles. The fourth-order valence-electron chi connectivity index (χ4n) is 4.28. The number of hydrogen-bond acceptors (Lipinski definition) is 4. The average Bonchev–Trinajstić information content (AvgIpc) is 3.08. The fourth-order valence-corrected chi connectivity index (χ4v) is 4.28. The summed E-state index contributed by atoms with van der Waals surface area (Å²) < 4.78 is 0. The van der Waals surface area contributed by atoms with Gasteiger partial charge >= 0.3 is 0 Å². The number of benzene rings is 3. The standard InChI is InChI=1S/C27H26N2O4/c1-18(2)17-23(28-25(30)21-15-9-10-16-22(21)26(28)31)27(32)29(33)24(19-11-5-3-6-12-19)20-13-7-4-8-14-20/h3-16,18,23-24,33H,17H2,1-2H3/t23-/m0/s1. The molecule has 1 N–H and O–H groups in total. The molecule has 1 heterocycles. The van der Waals surface area contributed by atoms with Crippen LogP contribution < -0.4 is 0 Å². The molecule has 0 radical (unpaired) electrons. The summed E-state index contributed by atoms with van der Waals surface area (Å²) in [6.07, 6.45) is 0.234. The van der Waals surface area contributed by atoms with E-state index in [0.29, 0.717) is 16.2 Å². The maximum absolute atomic E-state index is 13.7. The Morgan fingerprint density at radius 2 is 1.21 bits per heavy atom. The van der Waals surface area contributed by atoms with E-state index in [-0.39, 0.29) is 23.5 Å². The number of carbonyl (C=O) groups is 3. The molecule has 3 amide bonds. The second-order valence-corrected chi connectivity index (χ2v) is 8.58. The quantitative estimate of drug-likeness (QED) is 0.327. The van der Waals surface area contributed by atoms with E-state index in [1.54, 1.807) is 24.3 Å². The van der Waals surface area contributed by atoms with Gasteiger partial charge < -0.3 is 0 Å². The van der Waals surface area contributed by atoms with Crippen LogP contribution in [0.5, 0.6) is 0 Å². The van der Waals surface area contributed by atoms with E-state index in [2.05, 4.69) is 0 Å². The molecular weight excluding hydrogens is 416 g/mol. The van der Waals surface area contributed by atoms with E-state index in [9.17, 15) is 19.6 Å². The minimum atomic E-state index is -1.13. The fraction of sp³-hybridized carbons (Fsp3) is 0.222. The molecular formula is C27H26N2O4. The first-order valence-electron chi connectivity index (χ1n) is 11.0. The summed E-state index contributed by atoms with van der Waals surface area (Å²) in [7, 11) is 0. The molecule has 0 unspecified atom stereocenters. The summed E-state index contributed by atoms with van der Waals surface area (Å²) in [5.41, 5.74) is 1.97. The predicted octanol–water partition coefficient (Wildman–Crippen LogP) is 4.70. The van der Waals surface area contributed by atoms with Crippen LogP contribution in [0.1, 0.15) is 58.2 Å². The Labute approximate surface area is 193 Å². The molecule has 6 nitrogen and oxygen atoms in total. The van der Waals surface area contributed by atoms with Gasteiger partial charge in [0.15, 0.2) is 0 Å². The number of fused-ring (bicyclic) bond motifs is 1. The van der Waals surface area contributed by atoms with E-state index in [0.717, 1.165) is 4.90 Å². The van der Waals surface area contributed by atoms with Crippen LogP contribution in [-0.4, -0.2) is 38.9 Å². The number of hydrogen-bond donors (Lipinski definition) is 1. The van der Waals surface area contributed by atoms with Crippen molar-refractivity contribution >= 4 is 17.7 Å². The molecule has 0 bridgehead atoms. The summed E-state index contributed by atoms with van der Waals surface area (Å²) >= 11 is 0. The van der Waals surface area contributed by atoms with Gasteiger partial charge in [-0.15, -0.1) is 0 Å². The zero-order valence-corrected chi connectivity index (χ0v) is 18.6. The third kappa shape index (κ3) is 4.30. The van der Waals surface area contributed by atoms with Gasteiger partial charge in [-0.25, -0.2) is 5.06 Å². The van der Waals surface area contributed by atoms with Crippen molar-refractivity contribution in [2.75, 3.05) is 0 Å². The van der Waals surface area contributed by atoms with Crippen LogP contribution in [0.15, 0.2) is 84.9 Å². The minimum Gasteiger partial charge on any atom is -0.285 e. The molecule has 4 rings (SSSR count). The van der Waals surface area contributed by atoms with Gasteiger partial charge in [-0.3, -0.25) is 24.5 Å². The number of hydroxylamine groups is 2. The summed E-state index contributed by atoms with van der Waals surface area (Å²) in [4.78, 5) is 41.0. The molecule has 3 aromatic carbocycles. The lowest BCUT2D eigenvalue weighted by Crippen LogP contribution is -2.51. The van der Waals surface area contributed by atoms with Gasteiger partial charge in [-0.2, -0.15) is 0 Å². The van der Waals surface area contributed by atoms with Crippen molar-refractivity contribution in [1.82, 2.24) is 9.96 Å². The second kappa shape index (κ2) is 9.38. The summed E-state index contributed by atoms with van der Waals surface area (Å²) in [6.45, 7) is 3.82. The monoisotopic (exact) mass is 442 g/mol. The molecule has 0 saturated carbocycles. The molecule has 33 heavy (non-hydrogen) atoms. The van der Waals surface area contributed by atoms with E-state index in [1.807, 2.05) is 74.5 Å². The molecule has 6 heteroatoms. The SMILES string of the molecule is CC(C)C[C@@H](C(=O)N(O)C(c1ccccc1)c1ccccc1)N1C(=O)c2ccccc2C1=O. The van der Waals surface area contributed by atoms with Crippen LogP contribution in [0.3, 0.4) is 0 Å². The second-order valence-electron chi connectivity index (χ2n) is 8.58. The maximum atomic E-state index is 13.7. The average molecular weight is 443 g/mol. The normalized spacial score (nSPS) is 14.0. The zero-order chi connectivity index (χ0) is 23.5. The Hall–Kier alpha value is -3.77. The van der Waals surface area contributed by atoms with Crippen molar-refractivity contribution < 1.29 is 19.6 Å². The molecule has 1 aliphatic heterocycles. The lowest BCUT2D eigenvalue weighted by molar-refractivity contribution is -0.178. The van der Waals surface area contributed by atoms with Crippen molar-refractivity contribution in [1.29, 1.82) is 0 Å². The van der Waals surface area contributed by atoms with E-state index in [1.165, 1.54) is 0 Å². The number of carbonyl (C=O) groups excluding carboxylic acids is 3. The molecule has 0 spiro atoms. The predicted molar refractivity (Wildman–Crippen MR) is 124 cm³/mol. The van der Waals surface area contributed by atoms with E-state index in [4.69, 9.17) is 0 Å². The van der Waals surface area contributed by atoms with Gasteiger partial charge in [-0.05, 0) is 35.6 Å².